The van der Waals surface area contributed by atoms with Crippen molar-refractivity contribution in [2.45, 2.75) is 19.9 Å². The first kappa shape index (κ1) is 19.5. The number of hydrogen-bond acceptors (Lipinski definition) is 4. The minimum absolute atomic E-state index is 0.270. The summed E-state index contributed by atoms with van der Waals surface area (Å²) in [6.07, 6.45) is 0.883. The Bertz CT molecular complexity index is 1100. The molecule has 1 aliphatic heterocycles. The molecule has 7 heteroatoms. The lowest BCUT2D eigenvalue weighted by Crippen LogP contribution is -2.27. The molecule has 0 unspecified atom stereocenters. The number of benzene rings is 2. The number of nitrogen functional groups attached to an aromatic ring is 1. The van der Waals surface area contributed by atoms with Crippen molar-refractivity contribution >= 4 is 28.9 Å². The summed E-state index contributed by atoms with van der Waals surface area (Å²) in [5.74, 6) is 0.125. The molecule has 0 radical (unpaired) electrons. The number of amides is 1. The highest BCUT2D eigenvalue weighted by atomic mass is 35.5. The summed E-state index contributed by atoms with van der Waals surface area (Å²) >= 11 is 6.67. The van der Waals surface area contributed by atoms with Crippen LogP contribution in [0.5, 0.6) is 0 Å². The maximum Gasteiger partial charge on any atom is 0.291 e. The summed E-state index contributed by atoms with van der Waals surface area (Å²) in [6.45, 7) is 3.67. The fourth-order valence-electron chi connectivity index (χ4n) is 3.82. The normalized spacial score (nSPS) is 13.9. The van der Waals surface area contributed by atoms with Crippen molar-refractivity contribution in [2.75, 3.05) is 24.6 Å². The summed E-state index contributed by atoms with van der Waals surface area (Å²) < 4.78 is 1.89. The van der Waals surface area contributed by atoms with E-state index in [1.54, 1.807) is 6.07 Å². The van der Waals surface area contributed by atoms with Crippen LogP contribution in [-0.2, 0) is 20.0 Å². The third-order valence-corrected chi connectivity index (χ3v) is 5.97. The fourth-order valence-corrected chi connectivity index (χ4v) is 4.10. The molecule has 1 amide bonds. The van der Waals surface area contributed by atoms with Crippen LogP contribution in [-0.4, -0.2) is 34.0 Å². The van der Waals surface area contributed by atoms with Gasteiger partial charge in [-0.15, -0.1) is 0 Å². The van der Waals surface area contributed by atoms with Gasteiger partial charge in [0.25, 0.3) is 5.91 Å². The predicted molar refractivity (Wildman–Crippen MR) is 117 cm³/mol. The second kappa shape index (κ2) is 7.54. The number of fused-ring (bicyclic) bond motifs is 1. The van der Waals surface area contributed by atoms with Crippen molar-refractivity contribution in [3.8, 4) is 11.1 Å². The summed E-state index contributed by atoms with van der Waals surface area (Å²) in [6, 6.07) is 11.3. The number of nitrogens with one attached hydrogen (secondary N) is 1. The van der Waals surface area contributed by atoms with E-state index in [4.69, 9.17) is 17.3 Å². The number of imidazole rings is 1. The van der Waals surface area contributed by atoms with Crippen molar-refractivity contribution in [1.82, 2.24) is 14.5 Å². The Labute approximate surface area is 175 Å². The number of carbonyl (C=O) groups excluding carboxylic acids is 1. The van der Waals surface area contributed by atoms with Gasteiger partial charge in [-0.1, -0.05) is 35.9 Å². The minimum atomic E-state index is -0.270. The largest absolute Gasteiger partial charge is 0.398 e. The number of halogens is 1. The molecule has 3 aromatic rings. The monoisotopic (exact) mass is 409 g/mol. The Kier molecular flexibility index (Phi) is 5.06. The first-order valence-electron chi connectivity index (χ1n) is 9.55. The van der Waals surface area contributed by atoms with E-state index in [0.717, 1.165) is 47.6 Å². The highest BCUT2D eigenvalue weighted by molar-refractivity contribution is 6.36. The molecule has 0 bridgehead atoms. The Morgan fingerprint density at radius 2 is 1.90 bits per heavy atom. The molecule has 1 aliphatic rings. The van der Waals surface area contributed by atoms with Gasteiger partial charge < -0.3 is 20.5 Å². The first-order chi connectivity index (χ1) is 13.9. The van der Waals surface area contributed by atoms with E-state index in [1.165, 1.54) is 0 Å². The van der Waals surface area contributed by atoms with Gasteiger partial charge in [0.15, 0.2) is 5.82 Å². The van der Waals surface area contributed by atoms with Crippen molar-refractivity contribution < 1.29 is 4.79 Å². The number of hydrogen-bond donors (Lipinski definition) is 2. The summed E-state index contributed by atoms with van der Waals surface area (Å²) in [4.78, 5) is 19.8. The van der Waals surface area contributed by atoms with Crippen molar-refractivity contribution in [3.63, 3.8) is 0 Å². The van der Waals surface area contributed by atoms with Crippen molar-refractivity contribution in [3.05, 3.63) is 64.2 Å². The number of nitrogens with zero attached hydrogens (tertiary/aromatic N) is 3. The van der Waals surface area contributed by atoms with Gasteiger partial charge in [0, 0.05) is 43.5 Å². The average molecular weight is 410 g/mol. The van der Waals surface area contributed by atoms with Gasteiger partial charge >= 0.3 is 0 Å². The topological polar surface area (TPSA) is 76.2 Å². The van der Waals surface area contributed by atoms with E-state index >= 15 is 0 Å². The molecule has 0 saturated carbocycles. The van der Waals surface area contributed by atoms with Gasteiger partial charge in [-0.25, -0.2) is 4.98 Å². The quantitative estimate of drug-likeness (QED) is 0.644. The SMILES string of the molecule is Cc1c(N)cccc1-c1cccc(NC(=O)c2nc3c(n2C)CCN(C)C3)c1Cl. The molecule has 3 N–H and O–H groups in total. The zero-order valence-corrected chi connectivity index (χ0v) is 17.5. The summed E-state index contributed by atoms with van der Waals surface area (Å²) in [5, 5.41) is 3.41. The van der Waals surface area contributed by atoms with Crippen LogP contribution in [0.3, 0.4) is 0 Å². The average Bonchev–Trinajstić information content (AvgIpc) is 3.02. The zero-order chi connectivity index (χ0) is 20.7. The Morgan fingerprint density at radius 3 is 2.69 bits per heavy atom. The predicted octanol–water partition coefficient (Wildman–Crippen LogP) is 3.87. The Morgan fingerprint density at radius 1 is 1.17 bits per heavy atom. The third-order valence-electron chi connectivity index (χ3n) is 5.56. The molecule has 2 aromatic carbocycles. The lowest BCUT2D eigenvalue weighted by atomic mass is 9.99. The lowest BCUT2D eigenvalue weighted by Gasteiger charge is -2.21. The summed E-state index contributed by atoms with van der Waals surface area (Å²) in [5.41, 5.74) is 12.1. The highest BCUT2D eigenvalue weighted by Gasteiger charge is 2.24. The van der Waals surface area contributed by atoms with Crippen LogP contribution in [0, 0.1) is 6.92 Å². The van der Waals surface area contributed by atoms with Gasteiger partial charge in [-0.2, -0.15) is 0 Å². The van der Waals surface area contributed by atoms with Gasteiger partial charge in [0.1, 0.15) is 0 Å². The van der Waals surface area contributed by atoms with E-state index in [9.17, 15) is 4.79 Å². The molecular weight excluding hydrogens is 386 g/mol. The van der Waals surface area contributed by atoms with E-state index in [2.05, 4.69) is 22.2 Å². The first-order valence-corrected chi connectivity index (χ1v) is 9.93. The van der Waals surface area contributed by atoms with Gasteiger partial charge in [-0.3, -0.25) is 4.79 Å². The molecule has 0 atom stereocenters. The minimum Gasteiger partial charge on any atom is -0.398 e. The van der Waals surface area contributed by atoms with Crippen molar-refractivity contribution in [1.29, 1.82) is 0 Å². The number of aromatic nitrogens is 2. The van der Waals surface area contributed by atoms with E-state index in [0.29, 0.717) is 22.2 Å². The number of rotatable bonds is 3. The molecule has 0 saturated heterocycles. The van der Waals surface area contributed by atoms with E-state index in [-0.39, 0.29) is 5.91 Å². The molecule has 6 nitrogen and oxygen atoms in total. The van der Waals surface area contributed by atoms with Crippen LogP contribution < -0.4 is 11.1 Å². The Hall–Kier alpha value is -2.83. The molecule has 0 fully saturated rings. The molecule has 0 spiro atoms. The smallest absolute Gasteiger partial charge is 0.291 e. The molecule has 1 aromatic heterocycles. The van der Waals surface area contributed by atoms with Crippen LogP contribution in [0.25, 0.3) is 11.1 Å². The third kappa shape index (κ3) is 3.50. The standard InChI is InChI=1S/C22H24ClN5O/c1-13-14(6-4-8-16(13)24)15-7-5-9-17(20(15)23)26-22(29)21-25-18-12-27(2)11-10-19(18)28(21)3/h4-9H,10-12,24H2,1-3H3,(H,26,29). The van der Waals surface area contributed by atoms with Crippen LogP contribution in [0.1, 0.15) is 27.6 Å². The molecule has 2 heterocycles. The molecule has 29 heavy (non-hydrogen) atoms. The van der Waals surface area contributed by atoms with E-state index < -0.39 is 0 Å². The number of likely N-dealkylation sites (N-methyl/N-ethyl adjacent to an activating group) is 1. The number of carbonyl (C=O) groups is 1. The maximum absolute atomic E-state index is 13.0. The lowest BCUT2D eigenvalue weighted by molar-refractivity contribution is 0.101. The second-order valence-electron chi connectivity index (χ2n) is 7.52. The van der Waals surface area contributed by atoms with Crippen LogP contribution in [0.4, 0.5) is 11.4 Å². The van der Waals surface area contributed by atoms with Gasteiger partial charge in [0.05, 0.1) is 16.4 Å². The van der Waals surface area contributed by atoms with E-state index in [1.807, 2.05) is 48.9 Å². The molecular formula is C22H24ClN5O. The van der Waals surface area contributed by atoms with Crippen LogP contribution >= 0.6 is 11.6 Å². The maximum atomic E-state index is 13.0. The second-order valence-corrected chi connectivity index (χ2v) is 7.89. The number of anilines is 2. The molecule has 4 rings (SSSR count). The fraction of sp³-hybridized carbons (Fsp3) is 0.273. The van der Waals surface area contributed by atoms with Crippen LogP contribution in [0.2, 0.25) is 5.02 Å². The molecule has 0 aliphatic carbocycles. The van der Waals surface area contributed by atoms with Crippen molar-refractivity contribution in [2.24, 2.45) is 7.05 Å². The summed E-state index contributed by atoms with van der Waals surface area (Å²) in [7, 11) is 3.95. The highest BCUT2D eigenvalue weighted by Crippen LogP contribution is 2.37. The van der Waals surface area contributed by atoms with Gasteiger partial charge in [0.2, 0.25) is 0 Å². The van der Waals surface area contributed by atoms with Crippen LogP contribution in [0.15, 0.2) is 36.4 Å². The number of nitrogens with two attached hydrogens (primary N) is 1. The zero-order valence-electron chi connectivity index (χ0n) is 16.8. The van der Waals surface area contributed by atoms with Gasteiger partial charge in [-0.05, 0) is 37.2 Å². The Balaban J connectivity index is 1.66. The molecule has 150 valence electrons.